The SMILES string of the molecule is Cl.Clc1cccc(OCC2CNC2)c1. The largest absolute Gasteiger partial charge is 0.493 e. The summed E-state index contributed by atoms with van der Waals surface area (Å²) >= 11 is 5.82. The van der Waals surface area contributed by atoms with Crippen LogP contribution in [0.4, 0.5) is 0 Å². The van der Waals surface area contributed by atoms with E-state index in [1.165, 1.54) is 0 Å². The smallest absolute Gasteiger partial charge is 0.120 e. The molecule has 0 bridgehead atoms. The van der Waals surface area contributed by atoms with E-state index in [9.17, 15) is 0 Å². The van der Waals surface area contributed by atoms with Gasteiger partial charge in [-0.1, -0.05) is 17.7 Å². The van der Waals surface area contributed by atoms with Crippen LogP contribution in [-0.2, 0) is 0 Å². The second kappa shape index (κ2) is 5.44. The molecule has 4 heteroatoms. The van der Waals surface area contributed by atoms with E-state index < -0.39 is 0 Å². The van der Waals surface area contributed by atoms with Gasteiger partial charge in [-0.3, -0.25) is 0 Å². The highest BCUT2D eigenvalue weighted by molar-refractivity contribution is 6.30. The molecule has 2 nitrogen and oxygen atoms in total. The molecule has 2 rings (SSSR count). The zero-order valence-corrected chi connectivity index (χ0v) is 9.27. The van der Waals surface area contributed by atoms with Gasteiger partial charge in [0, 0.05) is 24.0 Å². The summed E-state index contributed by atoms with van der Waals surface area (Å²) in [5, 5.41) is 3.93. The molecule has 0 amide bonds. The number of halogens is 2. The van der Waals surface area contributed by atoms with E-state index in [0.29, 0.717) is 5.92 Å². The molecule has 0 saturated carbocycles. The van der Waals surface area contributed by atoms with Crippen molar-refractivity contribution in [2.75, 3.05) is 19.7 Å². The molecule has 78 valence electrons. The van der Waals surface area contributed by atoms with Crippen LogP contribution >= 0.6 is 24.0 Å². The Morgan fingerprint density at radius 2 is 2.21 bits per heavy atom. The lowest BCUT2D eigenvalue weighted by molar-refractivity contribution is 0.199. The van der Waals surface area contributed by atoms with Crippen LogP contribution in [0.25, 0.3) is 0 Å². The van der Waals surface area contributed by atoms with E-state index in [1.54, 1.807) is 0 Å². The lowest BCUT2D eigenvalue weighted by Gasteiger charge is -2.26. The molecule has 0 aromatic heterocycles. The highest BCUT2D eigenvalue weighted by atomic mass is 35.5. The minimum absolute atomic E-state index is 0. The Morgan fingerprint density at radius 1 is 1.43 bits per heavy atom. The normalized spacial score (nSPS) is 15.5. The predicted octanol–water partition coefficient (Wildman–Crippen LogP) is 2.36. The molecule has 0 unspecified atom stereocenters. The van der Waals surface area contributed by atoms with Crippen molar-refractivity contribution < 1.29 is 4.74 Å². The average molecular weight is 234 g/mol. The summed E-state index contributed by atoms with van der Waals surface area (Å²) < 4.78 is 5.57. The summed E-state index contributed by atoms with van der Waals surface area (Å²) in [6.45, 7) is 2.93. The van der Waals surface area contributed by atoms with E-state index in [4.69, 9.17) is 16.3 Å². The standard InChI is InChI=1S/C10H12ClNO.ClH/c11-9-2-1-3-10(4-9)13-7-8-5-12-6-8;/h1-4,8,12H,5-7H2;1H. The van der Waals surface area contributed by atoms with E-state index >= 15 is 0 Å². The third-order valence-corrected chi connectivity index (χ3v) is 2.38. The highest BCUT2D eigenvalue weighted by Crippen LogP contribution is 2.18. The molecule has 1 aliphatic rings. The summed E-state index contributed by atoms with van der Waals surface area (Å²) in [7, 11) is 0. The van der Waals surface area contributed by atoms with Crippen molar-refractivity contribution in [1.29, 1.82) is 0 Å². The molecule has 1 aromatic carbocycles. The van der Waals surface area contributed by atoms with Gasteiger partial charge in [0.2, 0.25) is 0 Å². The van der Waals surface area contributed by atoms with E-state index in [-0.39, 0.29) is 12.4 Å². The molecule has 0 atom stereocenters. The first-order valence-electron chi connectivity index (χ1n) is 4.44. The first-order chi connectivity index (χ1) is 6.34. The summed E-state index contributed by atoms with van der Waals surface area (Å²) in [6.07, 6.45) is 0. The minimum atomic E-state index is 0. The number of nitrogens with one attached hydrogen (secondary N) is 1. The number of rotatable bonds is 3. The summed E-state index contributed by atoms with van der Waals surface area (Å²) in [5.41, 5.74) is 0. The van der Waals surface area contributed by atoms with Crippen LogP contribution in [0.1, 0.15) is 0 Å². The molecule has 1 saturated heterocycles. The van der Waals surface area contributed by atoms with Crippen molar-refractivity contribution in [3.8, 4) is 5.75 Å². The Labute approximate surface area is 95.0 Å². The monoisotopic (exact) mass is 233 g/mol. The molecule has 1 aromatic rings. The zero-order chi connectivity index (χ0) is 9.10. The van der Waals surface area contributed by atoms with Gasteiger partial charge in [-0.2, -0.15) is 0 Å². The quantitative estimate of drug-likeness (QED) is 0.866. The fraction of sp³-hybridized carbons (Fsp3) is 0.400. The van der Waals surface area contributed by atoms with Crippen molar-refractivity contribution in [2.45, 2.75) is 0 Å². The van der Waals surface area contributed by atoms with Gasteiger partial charge in [0.15, 0.2) is 0 Å². The van der Waals surface area contributed by atoms with Gasteiger partial charge in [-0.15, -0.1) is 12.4 Å². The first kappa shape index (κ1) is 11.6. The zero-order valence-electron chi connectivity index (χ0n) is 7.70. The maximum Gasteiger partial charge on any atom is 0.120 e. The van der Waals surface area contributed by atoms with Gasteiger partial charge >= 0.3 is 0 Å². The van der Waals surface area contributed by atoms with Crippen molar-refractivity contribution in [1.82, 2.24) is 5.32 Å². The molecule has 1 aliphatic heterocycles. The third-order valence-electron chi connectivity index (χ3n) is 2.15. The Kier molecular flexibility index (Phi) is 4.52. The van der Waals surface area contributed by atoms with Gasteiger partial charge in [-0.25, -0.2) is 0 Å². The van der Waals surface area contributed by atoms with Gasteiger partial charge in [-0.05, 0) is 18.2 Å². The Morgan fingerprint density at radius 3 is 2.79 bits per heavy atom. The Bertz CT molecular complexity index is 289. The van der Waals surface area contributed by atoms with Crippen molar-refractivity contribution in [2.24, 2.45) is 5.92 Å². The molecular weight excluding hydrogens is 221 g/mol. The number of hydrogen-bond acceptors (Lipinski definition) is 2. The second-order valence-electron chi connectivity index (χ2n) is 3.29. The van der Waals surface area contributed by atoms with E-state index in [1.807, 2.05) is 24.3 Å². The Hall–Kier alpha value is -0.440. The lowest BCUT2D eigenvalue weighted by Crippen LogP contribution is -2.45. The van der Waals surface area contributed by atoms with E-state index in [2.05, 4.69) is 5.32 Å². The second-order valence-corrected chi connectivity index (χ2v) is 3.73. The summed E-state index contributed by atoms with van der Waals surface area (Å²) in [4.78, 5) is 0. The number of benzene rings is 1. The van der Waals surface area contributed by atoms with Gasteiger partial charge in [0.25, 0.3) is 0 Å². The van der Waals surface area contributed by atoms with E-state index in [0.717, 1.165) is 30.5 Å². The third kappa shape index (κ3) is 3.05. The van der Waals surface area contributed by atoms with Crippen LogP contribution in [0.5, 0.6) is 5.75 Å². The van der Waals surface area contributed by atoms with Crippen LogP contribution in [-0.4, -0.2) is 19.7 Å². The van der Waals surface area contributed by atoms with Gasteiger partial charge in [0.1, 0.15) is 5.75 Å². The molecule has 14 heavy (non-hydrogen) atoms. The van der Waals surface area contributed by atoms with Crippen LogP contribution in [0, 0.1) is 5.92 Å². The molecule has 0 spiro atoms. The maximum atomic E-state index is 5.82. The first-order valence-corrected chi connectivity index (χ1v) is 4.81. The van der Waals surface area contributed by atoms with Crippen molar-refractivity contribution >= 4 is 24.0 Å². The van der Waals surface area contributed by atoms with Gasteiger partial charge < -0.3 is 10.1 Å². The predicted molar refractivity (Wildman–Crippen MR) is 60.6 cm³/mol. The fourth-order valence-corrected chi connectivity index (χ4v) is 1.42. The average Bonchev–Trinajstić information content (AvgIpc) is 2.01. The van der Waals surface area contributed by atoms with Gasteiger partial charge in [0.05, 0.1) is 6.61 Å². The highest BCUT2D eigenvalue weighted by Gasteiger charge is 2.16. The van der Waals surface area contributed by atoms with Crippen LogP contribution in [0.2, 0.25) is 5.02 Å². The molecular formula is C10H13Cl2NO. The van der Waals surface area contributed by atoms with Crippen LogP contribution in [0.3, 0.4) is 0 Å². The number of ether oxygens (including phenoxy) is 1. The topological polar surface area (TPSA) is 21.3 Å². The molecule has 1 fully saturated rings. The maximum absolute atomic E-state index is 5.82. The fourth-order valence-electron chi connectivity index (χ4n) is 1.24. The van der Waals surface area contributed by atoms with Crippen molar-refractivity contribution in [3.05, 3.63) is 29.3 Å². The summed E-state index contributed by atoms with van der Waals surface area (Å²) in [5.74, 6) is 1.53. The van der Waals surface area contributed by atoms with Crippen molar-refractivity contribution in [3.63, 3.8) is 0 Å². The number of hydrogen-bond donors (Lipinski definition) is 1. The molecule has 1 heterocycles. The molecule has 1 N–H and O–H groups in total. The lowest BCUT2D eigenvalue weighted by atomic mass is 10.1. The minimum Gasteiger partial charge on any atom is -0.493 e. The van der Waals surface area contributed by atoms with Crippen LogP contribution in [0.15, 0.2) is 24.3 Å². The molecule has 0 aliphatic carbocycles. The summed E-state index contributed by atoms with van der Waals surface area (Å²) in [6, 6.07) is 7.52. The Balaban J connectivity index is 0.000000980. The van der Waals surface area contributed by atoms with Crippen LogP contribution < -0.4 is 10.1 Å². The molecule has 0 radical (unpaired) electrons.